The van der Waals surface area contributed by atoms with Crippen LogP contribution in [0.25, 0.3) is 4.85 Å². The third kappa shape index (κ3) is 2.62. The minimum Gasteiger partial charge on any atom is -0.497 e. The van der Waals surface area contributed by atoms with Crippen molar-refractivity contribution in [2.45, 2.75) is 12.2 Å². The molecular formula is C10H8F3NO. The Balaban J connectivity index is 3.09. The van der Waals surface area contributed by atoms with Crippen LogP contribution in [0.3, 0.4) is 0 Å². The summed E-state index contributed by atoms with van der Waals surface area (Å²) in [6.07, 6.45) is -4.55. The molecule has 0 bridgehead atoms. The van der Waals surface area contributed by atoms with E-state index in [9.17, 15) is 13.2 Å². The van der Waals surface area contributed by atoms with E-state index in [4.69, 9.17) is 11.3 Å². The summed E-state index contributed by atoms with van der Waals surface area (Å²) in [4.78, 5) is 2.57. The maximum atomic E-state index is 12.4. The molecule has 0 saturated carbocycles. The van der Waals surface area contributed by atoms with Crippen LogP contribution in [-0.2, 0) is 0 Å². The Labute approximate surface area is 85.1 Å². The van der Waals surface area contributed by atoms with Crippen LogP contribution in [0.4, 0.5) is 13.2 Å². The van der Waals surface area contributed by atoms with E-state index in [0.717, 1.165) is 0 Å². The molecule has 0 heterocycles. The minimum atomic E-state index is -4.55. The smallest absolute Gasteiger partial charge is 0.470 e. The molecule has 0 aliphatic heterocycles. The van der Waals surface area contributed by atoms with Gasteiger partial charge in [0.2, 0.25) is 0 Å². The second kappa shape index (κ2) is 4.22. The largest absolute Gasteiger partial charge is 0.497 e. The standard InChI is InChI=1S/C10H8F3NO/c1-14-9(10(11,12)13)7-4-3-5-8(6-7)15-2/h3-6,9H,2H3. The molecule has 1 aromatic carbocycles. The van der Waals surface area contributed by atoms with Gasteiger partial charge in [-0.1, -0.05) is 12.1 Å². The number of hydrogen-bond acceptors (Lipinski definition) is 1. The monoisotopic (exact) mass is 215 g/mol. The zero-order valence-electron chi connectivity index (χ0n) is 7.88. The van der Waals surface area contributed by atoms with Crippen LogP contribution in [0.2, 0.25) is 0 Å². The summed E-state index contributed by atoms with van der Waals surface area (Å²) in [6, 6.07) is 3.32. The lowest BCUT2D eigenvalue weighted by molar-refractivity contribution is -0.140. The van der Waals surface area contributed by atoms with Crippen molar-refractivity contribution in [2.75, 3.05) is 7.11 Å². The molecule has 15 heavy (non-hydrogen) atoms. The van der Waals surface area contributed by atoms with Crippen molar-refractivity contribution in [3.05, 3.63) is 41.2 Å². The first-order chi connectivity index (χ1) is 6.99. The molecule has 5 heteroatoms. The van der Waals surface area contributed by atoms with Gasteiger partial charge in [0, 0.05) is 5.56 Å². The van der Waals surface area contributed by atoms with Crippen LogP contribution in [0.5, 0.6) is 5.75 Å². The predicted octanol–water partition coefficient (Wildman–Crippen LogP) is 3.22. The minimum absolute atomic E-state index is 0.100. The first-order valence-electron chi connectivity index (χ1n) is 4.06. The maximum absolute atomic E-state index is 12.4. The number of benzene rings is 1. The lowest BCUT2D eigenvalue weighted by Gasteiger charge is -2.10. The first-order valence-corrected chi connectivity index (χ1v) is 4.06. The number of rotatable bonds is 2. The highest BCUT2D eigenvalue weighted by molar-refractivity contribution is 5.32. The Hall–Kier alpha value is -1.70. The van der Waals surface area contributed by atoms with Crippen molar-refractivity contribution in [1.82, 2.24) is 0 Å². The van der Waals surface area contributed by atoms with Crippen LogP contribution >= 0.6 is 0 Å². The molecule has 1 rings (SSSR count). The van der Waals surface area contributed by atoms with Crippen molar-refractivity contribution in [3.63, 3.8) is 0 Å². The van der Waals surface area contributed by atoms with Gasteiger partial charge in [-0.05, 0) is 12.1 Å². The summed E-state index contributed by atoms with van der Waals surface area (Å²) in [5, 5.41) is 0. The molecule has 1 atom stereocenters. The summed E-state index contributed by atoms with van der Waals surface area (Å²) < 4.78 is 42.0. The van der Waals surface area contributed by atoms with Gasteiger partial charge >= 0.3 is 12.2 Å². The summed E-state index contributed by atoms with van der Waals surface area (Å²) in [6.45, 7) is 6.54. The Kier molecular flexibility index (Phi) is 3.20. The third-order valence-corrected chi connectivity index (χ3v) is 1.85. The summed E-state index contributed by atoms with van der Waals surface area (Å²) >= 11 is 0. The third-order valence-electron chi connectivity index (χ3n) is 1.85. The molecule has 0 radical (unpaired) electrons. The van der Waals surface area contributed by atoms with Crippen LogP contribution in [0, 0.1) is 6.57 Å². The Bertz CT molecular complexity index is 381. The van der Waals surface area contributed by atoms with Gasteiger partial charge in [0.25, 0.3) is 0 Å². The van der Waals surface area contributed by atoms with E-state index >= 15 is 0 Å². The highest BCUT2D eigenvalue weighted by atomic mass is 19.4. The predicted molar refractivity (Wildman–Crippen MR) is 48.4 cm³/mol. The second-order valence-corrected chi connectivity index (χ2v) is 2.85. The summed E-state index contributed by atoms with van der Waals surface area (Å²) in [5.41, 5.74) is -0.100. The molecular weight excluding hydrogens is 207 g/mol. The number of nitrogens with zero attached hydrogens (tertiary/aromatic N) is 1. The molecule has 0 spiro atoms. The van der Waals surface area contributed by atoms with E-state index in [-0.39, 0.29) is 5.56 Å². The van der Waals surface area contributed by atoms with Gasteiger partial charge in [-0.15, -0.1) is 0 Å². The number of methoxy groups -OCH3 is 1. The van der Waals surface area contributed by atoms with E-state index in [2.05, 4.69) is 4.85 Å². The fourth-order valence-corrected chi connectivity index (χ4v) is 1.15. The van der Waals surface area contributed by atoms with Gasteiger partial charge in [-0.2, -0.15) is 13.2 Å². The highest BCUT2D eigenvalue weighted by Gasteiger charge is 2.47. The van der Waals surface area contributed by atoms with E-state index in [1.54, 1.807) is 0 Å². The molecule has 0 saturated heterocycles. The van der Waals surface area contributed by atoms with Crippen molar-refractivity contribution in [3.8, 4) is 5.75 Å². The highest BCUT2D eigenvalue weighted by Crippen LogP contribution is 2.36. The van der Waals surface area contributed by atoms with E-state index < -0.39 is 12.2 Å². The zero-order valence-corrected chi connectivity index (χ0v) is 7.88. The lowest BCUT2D eigenvalue weighted by Crippen LogP contribution is -2.17. The molecule has 0 aliphatic rings. The molecule has 0 N–H and O–H groups in total. The number of ether oxygens (including phenoxy) is 1. The van der Waals surface area contributed by atoms with Crippen molar-refractivity contribution in [1.29, 1.82) is 0 Å². The van der Waals surface area contributed by atoms with Gasteiger partial charge in [-0.3, -0.25) is 4.85 Å². The van der Waals surface area contributed by atoms with E-state index in [0.29, 0.717) is 5.75 Å². The van der Waals surface area contributed by atoms with Gasteiger partial charge in [0.05, 0.1) is 7.11 Å². The average Bonchev–Trinajstić information content (AvgIpc) is 2.17. The Morgan fingerprint density at radius 2 is 2.07 bits per heavy atom. The number of halogens is 3. The van der Waals surface area contributed by atoms with Crippen molar-refractivity contribution < 1.29 is 17.9 Å². The molecule has 0 amide bonds. The molecule has 1 aromatic rings. The van der Waals surface area contributed by atoms with Crippen molar-refractivity contribution >= 4 is 0 Å². The van der Waals surface area contributed by atoms with E-state index in [1.807, 2.05) is 0 Å². The first kappa shape index (κ1) is 11.4. The molecule has 0 fully saturated rings. The SMILES string of the molecule is [C-]#[N+]C(c1cccc(OC)c1)C(F)(F)F. The van der Waals surface area contributed by atoms with Gasteiger partial charge in [-0.25, -0.2) is 6.57 Å². The van der Waals surface area contributed by atoms with Crippen LogP contribution < -0.4 is 4.74 Å². The van der Waals surface area contributed by atoms with Crippen LogP contribution in [0.1, 0.15) is 11.6 Å². The van der Waals surface area contributed by atoms with Crippen molar-refractivity contribution in [2.24, 2.45) is 0 Å². The lowest BCUT2D eigenvalue weighted by atomic mass is 10.1. The molecule has 80 valence electrons. The van der Waals surface area contributed by atoms with Gasteiger partial charge < -0.3 is 4.74 Å². The summed E-state index contributed by atoms with van der Waals surface area (Å²) in [5.74, 6) is 0.311. The fourth-order valence-electron chi connectivity index (χ4n) is 1.15. The maximum Gasteiger partial charge on any atom is 0.470 e. The second-order valence-electron chi connectivity index (χ2n) is 2.85. The topological polar surface area (TPSA) is 13.6 Å². The molecule has 1 unspecified atom stereocenters. The number of hydrogen-bond donors (Lipinski definition) is 0. The van der Waals surface area contributed by atoms with Crippen LogP contribution in [0.15, 0.2) is 24.3 Å². The fraction of sp³-hybridized carbons (Fsp3) is 0.300. The average molecular weight is 215 g/mol. The summed E-state index contributed by atoms with van der Waals surface area (Å²) in [7, 11) is 1.36. The molecule has 0 aliphatic carbocycles. The normalized spacial score (nSPS) is 13.0. The zero-order chi connectivity index (χ0) is 11.5. The quantitative estimate of drug-likeness (QED) is 0.690. The Morgan fingerprint density at radius 1 is 1.40 bits per heavy atom. The van der Waals surface area contributed by atoms with E-state index in [1.165, 1.54) is 31.4 Å². The van der Waals surface area contributed by atoms with Crippen LogP contribution in [-0.4, -0.2) is 13.3 Å². The molecule has 2 nitrogen and oxygen atoms in total. The molecule has 0 aromatic heterocycles. The van der Waals surface area contributed by atoms with Gasteiger partial charge in [0.15, 0.2) is 0 Å². The Morgan fingerprint density at radius 3 is 2.53 bits per heavy atom. The number of alkyl halides is 3. The van der Waals surface area contributed by atoms with Gasteiger partial charge in [0.1, 0.15) is 5.75 Å².